The van der Waals surface area contributed by atoms with Crippen molar-refractivity contribution < 1.29 is 0 Å². The second kappa shape index (κ2) is 6.57. The number of hydrogen-bond donors (Lipinski definition) is 0. The van der Waals surface area contributed by atoms with Crippen molar-refractivity contribution >= 4 is 22.7 Å². The number of aromatic nitrogens is 2. The molecule has 122 valence electrons. The van der Waals surface area contributed by atoms with Crippen LogP contribution in [0, 0.1) is 6.92 Å². The predicted octanol–water partition coefficient (Wildman–Crippen LogP) is 4.85. The Hall–Kier alpha value is -2.85. The van der Waals surface area contributed by atoms with E-state index in [1.807, 2.05) is 61.5 Å². The number of benzene rings is 2. The molecule has 0 aliphatic rings. The molecule has 0 atom stereocenters. The summed E-state index contributed by atoms with van der Waals surface area (Å²) in [6.45, 7) is 1.94. The van der Waals surface area contributed by atoms with Gasteiger partial charge in [0.25, 0.3) is 0 Å². The Morgan fingerprint density at radius 2 is 1.60 bits per heavy atom. The van der Waals surface area contributed by atoms with Gasteiger partial charge in [-0.2, -0.15) is 0 Å². The molecule has 2 heterocycles. The summed E-state index contributed by atoms with van der Waals surface area (Å²) in [6.07, 6.45) is 1.67. The minimum atomic E-state index is -0.00638. The maximum absolute atomic E-state index is 12.6. The van der Waals surface area contributed by atoms with Crippen LogP contribution in [0.25, 0.3) is 16.6 Å². The Kier molecular flexibility index (Phi) is 4.12. The van der Waals surface area contributed by atoms with Crippen molar-refractivity contribution in [1.29, 1.82) is 0 Å². The van der Waals surface area contributed by atoms with Crippen LogP contribution < -0.4 is 5.43 Å². The zero-order valence-electron chi connectivity index (χ0n) is 13.7. The van der Waals surface area contributed by atoms with Gasteiger partial charge >= 0.3 is 0 Å². The lowest BCUT2D eigenvalue weighted by Gasteiger charge is -2.17. The van der Waals surface area contributed by atoms with Gasteiger partial charge in [0.15, 0.2) is 5.43 Å². The molecule has 4 aromatic rings. The Morgan fingerprint density at radius 3 is 2.32 bits per heavy atom. The monoisotopic (exact) mass is 344 g/mol. The second-order valence-corrected chi connectivity index (χ2v) is 6.87. The summed E-state index contributed by atoms with van der Waals surface area (Å²) in [5.41, 5.74) is 2.78. The number of pyridine rings is 2. The molecular formula is C21H16N2OS. The highest BCUT2D eigenvalue weighted by Gasteiger charge is 2.12. The fourth-order valence-corrected chi connectivity index (χ4v) is 3.82. The van der Waals surface area contributed by atoms with E-state index in [0.717, 1.165) is 26.8 Å². The van der Waals surface area contributed by atoms with Gasteiger partial charge in [0.05, 0.1) is 15.9 Å². The van der Waals surface area contributed by atoms with Crippen LogP contribution in [0.1, 0.15) is 5.69 Å². The fourth-order valence-electron chi connectivity index (χ4n) is 2.82. The SMILES string of the molecule is Cc1cc2c(cn1)c(=O)cc(Sc1ccccc1)n2-c1ccccc1. The van der Waals surface area contributed by atoms with Crippen LogP contribution >= 0.6 is 11.8 Å². The zero-order chi connectivity index (χ0) is 17.2. The molecule has 0 aliphatic heterocycles. The summed E-state index contributed by atoms with van der Waals surface area (Å²) in [7, 11) is 0. The van der Waals surface area contributed by atoms with E-state index in [0.29, 0.717) is 5.39 Å². The lowest BCUT2D eigenvalue weighted by atomic mass is 10.2. The Balaban J connectivity index is 2.03. The summed E-state index contributed by atoms with van der Waals surface area (Å²) in [5, 5.41) is 1.52. The second-order valence-electron chi connectivity index (χ2n) is 5.78. The van der Waals surface area contributed by atoms with E-state index < -0.39 is 0 Å². The van der Waals surface area contributed by atoms with Gasteiger partial charge in [-0.1, -0.05) is 48.2 Å². The first-order valence-electron chi connectivity index (χ1n) is 8.03. The molecule has 2 aromatic carbocycles. The average molecular weight is 344 g/mol. The quantitative estimate of drug-likeness (QED) is 0.533. The summed E-state index contributed by atoms with van der Waals surface area (Å²) in [5.74, 6) is 0. The van der Waals surface area contributed by atoms with Gasteiger partial charge in [-0.15, -0.1) is 0 Å². The molecule has 4 heteroatoms. The van der Waals surface area contributed by atoms with Gasteiger partial charge < -0.3 is 4.57 Å². The topological polar surface area (TPSA) is 34.9 Å². The standard InChI is InChI=1S/C21H16N2OS/c1-15-12-19-18(14-22-15)20(24)13-21(25-17-10-6-3-7-11-17)23(19)16-8-4-2-5-9-16/h2-14H,1H3. The Bertz CT molecular complexity index is 1090. The number of hydrogen-bond acceptors (Lipinski definition) is 3. The molecule has 0 radical (unpaired) electrons. The van der Waals surface area contributed by atoms with Gasteiger partial charge in [0.1, 0.15) is 0 Å². The van der Waals surface area contributed by atoms with Gasteiger partial charge in [-0.05, 0) is 37.3 Å². The van der Waals surface area contributed by atoms with Crippen molar-refractivity contribution in [3.63, 3.8) is 0 Å². The molecule has 3 nitrogen and oxygen atoms in total. The van der Waals surface area contributed by atoms with Crippen LogP contribution in [0.15, 0.2) is 93.7 Å². The molecule has 0 aliphatic carbocycles. The number of para-hydroxylation sites is 1. The normalized spacial score (nSPS) is 10.9. The molecule has 0 saturated heterocycles. The predicted molar refractivity (Wildman–Crippen MR) is 103 cm³/mol. The lowest BCUT2D eigenvalue weighted by molar-refractivity contribution is 0.954. The fraction of sp³-hybridized carbons (Fsp3) is 0.0476. The smallest absolute Gasteiger partial charge is 0.192 e. The van der Waals surface area contributed by atoms with E-state index in [9.17, 15) is 4.79 Å². The van der Waals surface area contributed by atoms with Gasteiger partial charge in [0, 0.05) is 28.5 Å². The summed E-state index contributed by atoms with van der Waals surface area (Å²) in [4.78, 5) is 18.0. The largest absolute Gasteiger partial charge is 0.304 e. The molecule has 25 heavy (non-hydrogen) atoms. The molecule has 2 aromatic heterocycles. The van der Waals surface area contributed by atoms with Crippen molar-refractivity contribution in [2.45, 2.75) is 16.8 Å². The first-order chi connectivity index (χ1) is 12.2. The maximum atomic E-state index is 12.6. The third-order valence-electron chi connectivity index (χ3n) is 3.98. The maximum Gasteiger partial charge on any atom is 0.192 e. The van der Waals surface area contributed by atoms with E-state index in [4.69, 9.17) is 0 Å². The van der Waals surface area contributed by atoms with Gasteiger partial charge in [0.2, 0.25) is 0 Å². The highest BCUT2D eigenvalue weighted by molar-refractivity contribution is 7.99. The molecule has 0 spiro atoms. The molecule has 0 unspecified atom stereocenters. The van der Waals surface area contributed by atoms with Crippen molar-refractivity contribution in [3.05, 3.63) is 94.9 Å². The van der Waals surface area contributed by atoms with Crippen LogP contribution in [0.2, 0.25) is 0 Å². The molecular weight excluding hydrogens is 328 g/mol. The minimum absolute atomic E-state index is 0.00638. The van der Waals surface area contributed by atoms with Gasteiger partial charge in [-0.25, -0.2) is 0 Å². The number of rotatable bonds is 3. The van der Waals surface area contributed by atoms with Crippen molar-refractivity contribution in [1.82, 2.24) is 9.55 Å². The molecule has 0 saturated carbocycles. The molecule has 0 fully saturated rings. The molecule has 4 rings (SSSR count). The van der Waals surface area contributed by atoms with E-state index in [1.165, 1.54) is 0 Å². The molecule has 0 bridgehead atoms. The van der Waals surface area contributed by atoms with Crippen LogP contribution in [-0.2, 0) is 0 Å². The third-order valence-corrected chi connectivity index (χ3v) is 5.00. The van der Waals surface area contributed by atoms with Crippen LogP contribution in [0.4, 0.5) is 0 Å². The van der Waals surface area contributed by atoms with Crippen LogP contribution in [-0.4, -0.2) is 9.55 Å². The summed E-state index contributed by atoms with van der Waals surface area (Å²) < 4.78 is 2.13. The van der Waals surface area contributed by atoms with E-state index in [1.54, 1.807) is 24.0 Å². The number of aryl methyl sites for hydroxylation is 1. The molecule has 0 amide bonds. The van der Waals surface area contributed by atoms with E-state index >= 15 is 0 Å². The van der Waals surface area contributed by atoms with Crippen molar-refractivity contribution in [2.24, 2.45) is 0 Å². The minimum Gasteiger partial charge on any atom is -0.304 e. The first-order valence-corrected chi connectivity index (χ1v) is 8.85. The van der Waals surface area contributed by atoms with Crippen LogP contribution in [0.5, 0.6) is 0 Å². The zero-order valence-corrected chi connectivity index (χ0v) is 14.5. The average Bonchev–Trinajstić information content (AvgIpc) is 2.63. The molecule has 0 N–H and O–H groups in total. The Labute approximate surface area is 150 Å². The summed E-state index contributed by atoms with van der Waals surface area (Å²) >= 11 is 1.59. The van der Waals surface area contributed by atoms with E-state index in [2.05, 4.69) is 21.7 Å². The van der Waals surface area contributed by atoms with E-state index in [-0.39, 0.29) is 5.43 Å². The number of fused-ring (bicyclic) bond motifs is 1. The highest BCUT2D eigenvalue weighted by Crippen LogP contribution is 2.31. The summed E-state index contributed by atoms with van der Waals surface area (Å²) in [6, 6.07) is 23.9. The Morgan fingerprint density at radius 1 is 0.920 bits per heavy atom. The van der Waals surface area contributed by atoms with Gasteiger partial charge in [-0.3, -0.25) is 9.78 Å². The first kappa shape index (κ1) is 15.7. The third kappa shape index (κ3) is 3.08. The number of nitrogens with zero attached hydrogens (tertiary/aromatic N) is 2. The lowest BCUT2D eigenvalue weighted by Crippen LogP contribution is -2.10. The highest BCUT2D eigenvalue weighted by atomic mass is 32.2. The van der Waals surface area contributed by atoms with Crippen molar-refractivity contribution in [2.75, 3.05) is 0 Å². The van der Waals surface area contributed by atoms with Crippen molar-refractivity contribution in [3.8, 4) is 5.69 Å². The van der Waals surface area contributed by atoms with Crippen LogP contribution in [0.3, 0.4) is 0 Å².